The van der Waals surface area contributed by atoms with Crippen LogP contribution in [0.1, 0.15) is 24.6 Å². The zero-order chi connectivity index (χ0) is 23.5. The number of halogens is 3. The molecule has 0 atom stereocenters. The molecule has 3 aromatic rings. The van der Waals surface area contributed by atoms with Crippen LogP contribution in [0.5, 0.6) is 0 Å². The minimum Gasteiger partial charge on any atom is -0.378 e. The number of alkyl halides is 1. The molecule has 0 radical (unpaired) electrons. The summed E-state index contributed by atoms with van der Waals surface area (Å²) >= 11 is 4.38. The van der Waals surface area contributed by atoms with Crippen LogP contribution in [0.25, 0.3) is 21.3 Å². The van der Waals surface area contributed by atoms with Crippen molar-refractivity contribution in [2.24, 2.45) is 0 Å². The van der Waals surface area contributed by atoms with Crippen LogP contribution in [-0.2, 0) is 11.3 Å². The van der Waals surface area contributed by atoms with E-state index in [4.69, 9.17) is 0 Å². The third-order valence-corrected chi connectivity index (χ3v) is 7.34. The molecule has 2 fully saturated rings. The van der Waals surface area contributed by atoms with Crippen molar-refractivity contribution in [3.05, 3.63) is 50.0 Å². The molecule has 1 aromatic carbocycles. The van der Waals surface area contributed by atoms with Gasteiger partial charge >= 0.3 is 0 Å². The first-order valence-electron chi connectivity index (χ1n) is 10.2. The van der Waals surface area contributed by atoms with Gasteiger partial charge in [-0.3, -0.25) is 14.2 Å². The highest BCUT2D eigenvalue weighted by Crippen LogP contribution is 2.38. The molecule has 2 aliphatic rings. The van der Waals surface area contributed by atoms with Crippen molar-refractivity contribution in [2.45, 2.75) is 37.6 Å². The van der Waals surface area contributed by atoms with Gasteiger partial charge in [-0.05, 0) is 53.4 Å². The number of aromatic nitrogens is 2. The van der Waals surface area contributed by atoms with Crippen LogP contribution in [0.3, 0.4) is 0 Å². The first-order valence-corrected chi connectivity index (χ1v) is 11.9. The Morgan fingerprint density at radius 1 is 1.36 bits per heavy atom. The second kappa shape index (κ2) is 7.72. The third kappa shape index (κ3) is 4.21. The molecule has 1 N–H and O–H groups in total. The Morgan fingerprint density at radius 2 is 2.09 bits per heavy atom. The summed E-state index contributed by atoms with van der Waals surface area (Å²) in [6.45, 7) is 1.15. The average Bonchev–Trinajstić information content (AvgIpc) is 3.35. The molecule has 1 aliphatic heterocycles. The lowest BCUT2D eigenvalue weighted by molar-refractivity contribution is -0.144. The monoisotopic (exact) mass is 533 g/mol. The second-order valence-corrected chi connectivity index (χ2v) is 10.6. The zero-order valence-corrected chi connectivity index (χ0v) is 19.9. The van der Waals surface area contributed by atoms with E-state index in [9.17, 15) is 23.5 Å². The molecular formula is C23H18BrF2N3O3S. The van der Waals surface area contributed by atoms with Crippen LogP contribution in [0.4, 0.5) is 8.78 Å². The molecule has 1 saturated carbocycles. The summed E-state index contributed by atoms with van der Waals surface area (Å²) in [5.74, 6) is 5.00. The van der Waals surface area contributed by atoms with Gasteiger partial charge in [0.05, 0.1) is 34.2 Å². The molecule has 170 valence electrons. The maximum atomic E-state index is 13.9. The van der Waals surface area contributed by atoms with E-state index < -0.39 is 22.6 Å². The molecule has 1 saturated heterocycles. The van der Waals surface area contributed by atoms with E-state index in [1.165, 1.54) is 40.1 Å². The van der Waals surface area contributed by atoms with E-state index >= 15 is 0 Å². The summed E-state index contributed by atoms with van der Waals surface area (Å²) < 4.78 is 29.1. The Labute approximate surface area is 200 Å². The minimum atomic E-state index is -1.40. The summed E-state index contributed by atoms with van der Waals surface area (Å²) in [4.78, 5) is 32.6. The normalized spacial score (nSPS) is 17.9. The number of fused-ring (bicyclic) bond motifs is 1. The molecule has 1 aliphatic carbocycles. The van der Waals surface area contributed by atoms with Gasteiger partial charge in [0.15, 0.2) is 0 Å². The van der Waals surface area contributed by atoms with Gasteiger partial charge in [-0.15, -0.1) is 11.3 Å². The molecule has 5 rings (SSSR count). The van der Waals surface area contributed by atoms with E-state index in [2.05, 4.69) is 32.8 Å². The number of carbonyl (C=O) groups is 1. The van der Waals surface area contributed by atoms with Crippen molar-refractivity contribution in [2.75, 3.05) is 13.1 Å². The summed E-state index contributed by atoms with van der Waals surface area (Å²) in [5.41, 5.74) is -1.83. The number of rotatable bonds is 3. The fourth-order valence-electron chi connectivity index (χ4n) is 3.74. The molecule has 0 spiro atoms. The summed E-state index contributed by atoms with van der Waals surface area (Å²) in [6.07, 6.45) is 2.47. The molecule has 1 amide bonds. The predicted octanol–water partition coefficient (Wildman–Crippen LogP) is 3.47. The maximum Gasteiger partial charge on any atom is 0.263 e. The fraction of sp³-hybridized carbons (Fsp3) is 0.348. The standard InChI is InChI=1S/C23H18BrF2N3O3S/c1-22(26)10-29(11-22)17(30)9-28-12-27-20-19(21(28)31)18(13-2-3-15(25)14(24)8-13)16(33-20)4-5-23(32)6-7-23/h2-3,8,12,32H,6-7,9-11H2,1H3. The summed E-state index contributed by atoms with van der Waals surface area (Å²) in [6, 6.07) is 4.38. The number of likely N-dealkylation sites (tertiary alicyclic amines) is 1. The van der Waals surface area contributed by atoms with Gasteiger partial charge in [0.2, 0.25) is 5.91 Å². The minimum absolute atomic E-state index is 0.00773. The van der Waals surface area contributed by atoms with E-state index in [-0.39, 0.29) is 35.4 Å². The van der Waals surface area contributed by atoms with Gasteiger partial charge in [0.1, 0.15) is 28.5 Å². The average molecular weight is 534 g/mol. The van der Waals surface area contributed by atoms with Crippen LogP contribution in [0.15, 0.2) is 33.8 Å². The van der Waals surface area contributed by atoms with Gasteiger partial charge in [0.25, 0.3) is 5.56 Å². The third-order valence-electron chi connectivity index (χ3n) is 5.72. The van der Waals surface area contributed by atoms with Gasteiger partial charge < -0.3 is 10.0 Å². The highest BCUT2D eigenvalue weighted by Gasteiger charge is 2.41. The molecule has 0 unspecified atom stereocenters. The number of hydrogen-bond acceptors (Lipinski definition) is 5. The summed E-state index contributed by atoms with van der Waals surface area (Å²) in [7, 11) is 0. The van der Waals surface area contributed by atoms with Crippen molar-refractivity contribution < 1.29 is 18.7 Å². The summed E-state index contributed by atoms with van der Waals surface area (Å²) in [5, 5.41) is 10.4. The Kier molecular flexibility index (Phi) is 5.19. The lowest BCUT2D eigenvalue weighted by Gasteiger charge is -2.42. The van der Waals surface area contributed by atoms with Crippen molar-refractivity contribution >= 4 is 43.4 Å². The first-order chi connectivity index (χ1) is 15.6. The largest absolute Gasteiger partial charge is 0.378 e. The van der Waals surface area contributed by atoms with Crippen molar-refractivity contribution in [1.29, 1.82) is 0 Å². The Balaban J connectivity index is 1.61. The fourth-order valence-corrected chi connectivity index (χ4v) is 5.13. The van der Waals surface area contributed by atoms with E-state index in [1.54, 1.807) is 12.1 Å². The van der Waals surface area contributed by atoms with Crippen molar-refractivity contribution in [3.63, 3.8) is 0 Å². The number of benzene rings is 1. The van der Waals surface area contributed by atoms with Crippen molar-refractivity contribution in [3.8, 4) is 23.0 Å². The number of thiophene rings is 1. The second-order valence-electron chi connectivity index (χ2n) is 8.74. The molecule has 3 heterocycles. The first kappa shape index (κ1) is 22.2. The van der Waals surface area contributed by atoms with Gasteiger partial charge in [-0.25, -0.2) is 13.8 Å². The molecular weight excluding hydrogens is 516 g/mol. The Bertz CT molecular complexity index is 1420. The molecule has 2 aromatic heterocycles. The topological polar surface area (TPSA) is 75.4 Å². The lowest BCUT2D eigenvalue weighted by atomic mass is 9.99. The van der Waals surface area contributed by atoms with Crippen LogP contribution < -0.4 is 5.56 Å². The number of aliphatic hydroxyl groups is 1. The zero-order valence-electron chi connectivity index (χ0n) is 17.5. The van der Waals surface area contributed by atoms with E-state index in [0.29, 0.717) is 33.7 Å². The van der Waals surface area contributed by atoms with E-state index in [1.807, 2.05) is 0 Å². The highest BCUT2D eigenvalue weighted by molar-refractivity contribution is 9.10. The van der Waals surface area contributed by atoms with Crippen LogP contribution >= 0.6 is 27.3 Å². The molecule has 0 bridgehead atoms. The highest BCUT2D eigenvalue weighted by atomic mass is 79.9. The predicted molar refractivity (Wildman–Crippen MR) is 124 cm³/mol. The lowest BCUT2D eigenvalue weighted by Crippen LogP contribution is -2.60. The van der Waals surface area contributed by atoms with Crippen molar-refractivity contribution in [1.82, 2.24) is 14.5 Å². The van der Waals surface area contributed by atoms with E-state index in [0.717, 1.165) is 0 Å². The molecule has 33 heavy (non-hydrogen) atoms. The quantitative estimate of drug-likeness (QED) is 0.523. The molecule has 10 heteroatoms. The maximum absolute atomic E-state index is 13.9. The van der Waals surface area contributed by atoms with Gasteiger partial charge in [0, 0.05) is 5.56 Å². The van der Waals surface area contributed by atoms with Gasteiger partial charge in [-0.2, -0.15) is 0 Å². The van der Waals surface area contributed by atoms with Crippen LogP contribution in [-0.4, -0.2) is 49.8 Å². The number of nitrogens with zero attached hydrogens (tertiary/aromatic N) is 3. The number of carbonyl (C=O) groups excluding carboxylic acids is 1. The Morgan fingerprint density at radius 3 is 2.73 bits per heavy atom. The number of hydrogen-bond donors (Lipinski definition) is 1. The van der Waals surface area contributed by atoms with Crippen LogP contribution in [0.2, 0.25) is 0 Å². The number of amides is 1. The SMILES string of the molecule is CC1(F)CN(C(=O)Cn2cnc3sc(C#CC4(O)CC4)c(-c4ccc(F)c(Br)c4)c3c2=O)C1. The smallest absolute Gasteiger partial charge is 0.263 e. The van der Waals surface area contributed by atoms with Gasteiger partial charge in [-0.1, -0.05) is 17.9 Å². The van der Waals surface area contributed by atoms with Crippen LogP contribution in [0, 0.1) is 17.7 Å². The molecule has 6 nitrogen and oxygen atoms in total. The Hall–Kier alpha value is -2.61.